The van der Waals surface area contributed by atoms with Crippen LogP contribution < -0.4 is 14.7 Å². The van der Waals surface area contributed by atoms with Gasteiger partial charge in [0, 0.05) is 56.8 Å². The molecule has 0 saturated heterocycles. The first-order valence-electron chi connectivity index (χ1n) is 23.9. The van der Waals surface area contributed by atoms with Gasteiger partial charge in [-0.1, -0.05) is 132 Å². The maximum atomic E-state index is 4.66. The van der Waals surface area contributed by atoms with Crippen LogP contribution in [0.15, 0.2) is 170 Å². The smallest absolute Gasteiger partial charge is 0.0963 e. The van der Waals surface area contributed by atoms with Crippen molar-refractivity contribution in [2.75, 3.05) is 35.8 Å². The first kappa shape index (κ1) is 50.4. The molecule has 0 aliphatic carbocycles. The topological polar surface area (TPSA) is 48.4 Å². The Labute approximate surface area is 408 Å². The van der Waals surface area contributed by atoms with Gasteiger partial charge >= 0.3 is 0 Å². The van der Waals surface area contributed by atoms with Crippen molar-refractivity contribution in [1.82, 2.24) is 15.0 Å². The highest BCUT2D eigenvalue weighted by atomic mass is 15.2. The second-order valence-corrected chi connectivity index (χ2v) is 18.5. The fourth-order valence-electron chi connectivity index (χ4n) is 10.1. The number of pyridine rings is 3. The van der Waals surface area contributed by atoms with E-state index in [0.717, 1.165) is 23.5 Å². The lowest BCUT2D eigenvalue weighted by Crippen LogP contribution is -2.28. The average Bonchev–Trinajstić information content (AvgIpc) is 3.31. The Morgan fingerprint density at radius 3 is 1.15 bits per heavy atom. The highest BCUT2D eigenvalue weighted by Crippen LogP contribution is 2.36. The first-order chi connectivity index (χ1) is 32.6. The van der Waals surface area contributed by atoms with Crippen molar-refractivity contribution in [1.29, 1.82) is 0 Å². The Bertz CT molecular complexity index is 2700. The van der Waals surface area contributed by atoms with Gasteiger partial charge in [-0.05, 0) is 157 Å². The monoisotopic (exact) mass is 901 g/mol. The van der Waals surface area contributed by atoms with Crippen LogP contribution in [0.2, 0.25) is 0 Å². The zero-order valence-electron chi connectivity index (χ0n) is 42.8. The van der Waals surface area contributed by atoms with Gasteiger partial charge in [0.05, 0.1) is 35.2 Å². The van der Waals surface area contributed by atoms with E-state index < -0.39 is 0 Å². The Balaban J connectivity index is 0.000000170. The van der Waals surface area contributed by atoms with Gasteiger partial charge < -0.3 is 14.7 Å². The van der Waals surface area contributed by atoms with E-state index in [1.54, 1.807) is 0 Å². The summed E-state index contributed by atoms with van der Waals surface area (Å²) in [6.45, 7) is 21.8. The SMILES string of the molecule is Cc1cc(C)c(N(C)C(C)c2ccccn2)c(C)c1.Cc1cc(C)c(N(C)C(Cc2ccccc2)c2ccccn2)c(C)c1.Cc1cc(C)c(N(C)C(c2ccccc2)c2ccccn2)c(C)c1. The third kappa shape index (κ3) is 12.7. The van der Waals surface area contributed by atoms with Crippen molar-refractivity contribution in [2.45, 2.75) is 93.8 Å². The van der Waals surface area contributed by atoms with E-state index >= 15 is 0 Å². The van der Waals surface area contributed by atoms with Crippen molar-refractivity contribution in [3.05, 3.63) is 249 Å². The van der Waals surface area contributed by atoms with Crippen LogP contribution in [-0.4, -0.2) is 36.1 Å². The normalized spacial score (nSPS) is 12.1. The largest absolute Gasteiger partial charge is 0.366 e. The molecule has 3 atom stereocenters. The lowest BCUT2D eigenvalue weighted by Gasteiger charge is -2.33. The fraction of sp³-hybridized carbons (Fsp3) is 0.274. The number of aryl methyl sites for hydroxylation is 9. The van der Waals surface area contributed by atoms with E-state index in [9.17, 15) is 0 Å². The molecule has 3 aromatic heterocycles. The van der Waals surface area contributed by atoms with Gasteiger partial charge in [-0.15, -0.1) is 0 Å². The predicted octanol–water partition coefficient (Wildman–Crippen LogP) is 14.9. The number of hydrogen-bond donors (Lipinski definition) is 0. The molecule has 6 heteroatoms. The Hall–Kier alpha value is -7.05. The van der Waals surface area contributed by atoms with Gasteiger partial charge in [0.2, 0.25) is 0 Å². The lowest BCUT2D eigenvalue weighted by atomic mass is 9.98. The number of nitrogens with zero attached hydrogens (tertiary/aromatic N) is 6. The molecular weight excluding hydrogens is 829 g/mol. The molecule has 5 aromatic carbocycles. The van der Waals surface area contributed by atoms with Crippen LogP contribution in [0.1, 0.15) is 103 Å². The standard InChI is InChI=1S/C23H26N2.C22H24N2.C17H22N2/c1-17-14-18(2)23(19(3)15-17)25(4)22(21-12-8-9-13-24-21)16-20-10-6-5-7-11-20;1-16-14-17(2)21(18(3)15-16)24(4)22(19-10-6-5-7-11-19)20-12-8-9-13-23-20;1-12-10-13(2)17(14(3)11-12)19(5)15(4)16-8-6-7-9-18-16/h5-15,22H,16H2,1-4H3;5-15,22H,1-4H3;6-11,15H,1-5H3. The first-order valence-corrected chi connectivity index (χ1v) is 23.9. The summed E-state index contributed by atoms with van der Waals surface area (Å²) in [6.07, 6.45) is 6.54. The molecule has 68 heavy (non-hydrogen) atoms. The van der Waals surface area contributed by atoms with Gasteiger partial charge in [0.25, 0.3) is 0 Å². The minimum Gasteiger partial charge on any atom is -0.366 e. The maximum Gasteiger partial charge on any atom is 0.0963 e. The summed E-state index contributed by atoms with van der Waals surface area (Å²) in [5, 5.41) is 0. The molecule has 0 aliphatic heterocycles. The van der Waals surface area contributed by atoms with Crippen molar-refractivity contribution in [3.63, 3.8) is 0 Å². The van der Waals surface area contributed by atoms with E-state index in [0.29, 0.717) is 0 Å². The van der Waals surface area contributed by atoms with Gasteiger partial charge in [-0.2, -0.15) is 0 Å². The van der Waals surface area contributed by atoms with Crippen molar-refractivity contribution in [3.8, 4) is 0 Å². The zero-order valence-corrected chi connectivity index (χ0v) is 42.8. The van der Waals surface area contributed by atoms with Crippen LogP contribution in [0, 0.1) is 62.3 Å². The highest BCUT2D eigenvalue weighted by molar-refractivity contribution is 5.63. The molecule has 0 bridgehead atoms. The summed E-state index contributed by atoms with van der Waals surface area (Å²) >= 11 is 0. The average molecular weight is 901 g/mol. The van der Waals surface area contributed by atoms with Crippen molar-refractivity contribution >= 4 is 17.1 Å². The Kier molecular flexibility index (Phi) is 17.5. The molecule has 0 saturated carbocycles. The number of benzene rings is 5. The molecule has 0 spiro atoms. The molecule has 350 valence electrons. The van der Waals surface area contributed by atoms with E-state index in [1.807, 2.05) is 42.9 Å². The van der Waals surface area contributed by atoms with E-state index in [4.69, 9.17) is 0 Å². The minimum atomic E-state index is 0.0903. The number of anilines is 3. The second kappa shape index (κ2) is 23.6. The van der Waals surface area contributed by atoms with Crippen LogP contribution in [-0.2, 0) is 6.42 Å². The van der Waals surface area contributed by atoms with Crippen LogP contribution in [0.4, 0.5) is 17.1 Å². The number of rotatable bonds is 12. The van der Waals surface area contributed by atoms with Crippen LogP contribution >= 0.6 is 0 Å². The molecule has 3 unspecified atom stereocenters. The summed E-state index contributed by atoms with van der Waals surface area (Å²) in [5.41, 5.74) is 21.5. The number of hydrogen-bond acceptors (Lipinski definition) is 6. The molecule has 0 N–H and O–H groups in total. The summed E-state index contributed by atoms with van der Waals surface area (Å²) in [5.74, 6) is 0. The van der Waals surface area contributed by atoms with E-state index in [-0.39, 0.29) is 18.1 Å². The molecule has 0 fully saturated rings. The maximum absolute atomic E-state index is 4.66. The lowest BCUT2D eigenvalue weighted by molar-refractivity contribution is 0.644. The summed E-state index contributed by atoms with van der Waals surface area (Å²) in [6, 6.07) is 53.7. The number of likely N-dealkylation sites (N-methyl/N-ethyl adjacent to an activating group) is 1. The molecule has 8 aromatic rings. The Morgan fingerprint density at radius 1 is 0.382 bits per heavy atom. The van der Waals surface area contributed by atoms with Gasteiger partial charge in [0.1, 0.15) is 0 Å². The summed E-state index contributed by atoms with van der Waals surface area (Å²) < 4.78 is 0. The molecular formula is C62H72N6. The molecule has 0 amide bonds. The number of aromatic nitrogens is 3. The molecule has 8 rings (SSSR count). The fourth-order valence-corrected chi connectivity index (χ4v) is 10.1. The van der Waals surface area contributed by atoms with Gasteiger partial charge in [-0.25, -0.2) is 0 Å². The van der Waals surface area contributed by atoms with Crippen LogP contribution in [0.3, 0.4) is 0 Å². The van der Waals surface area contributed by atoms with E-state index in [2.05, 4.69) is 247 Å². The van der Waals surface area contributed by atoms with Crippen molar-refractivity contribution < 1.29 is 0 Å². The van der Waals surface area contributed by atoms with Gasteiger partial charge in [0.15, 0.2) is 0 Å². The van der Waals surface area contributed by atoms with Crippen LogP contribution in [0.25, 0.3) is 0 Å². The van der Waals surface area contributed by atoms with Crippen molar-refractivity contribution in [2.24, 2.45) is 0 Å². The Morgan fingerprint density at radius 2 is 0.735 bits per heavy atom. The molecule has 0 aliphatic rings. The molecule has 0 radical (unpaired) electrons. The highest BCUT2D eigenvalue weighted by Gasteiger charge is 2.24. The third-order valence-electron chi connectivity index (χ3n) is 12.9. The molecule has 3 heterocycles. The van der Waals surface area contributed by atoms with E-state index in [1.165, 1.54) is 78.3 Å². The summed E-state index contributed by atoms with van der Waals surface area (Å²) in [4.78, 5) is 20.8. The quantitative estimate of drug-likeness (QED) is 0.122. The zero-order chi connectivity index (χ0) is 48.9. The second-order valence-electron chi connectivity index (χ2n) is 18.5. The summed E-state index contributed by atoms with van der Waals surface area (Å²) in [7, 11) is 6.49. The minimum absolute atomic E-state index is 0.0903. The van der Waals surface area contributed by atoms with Crippen LogP contribution in [0.5, 0.6) is 0 Å². The predicted molar refractivity (Wildman–Crippen MR) is 289 cm³/mol. The third-order valence-corrected chi connectivity index (χ3v) is 12.9. The molecule has 6 nitrogen and oxygen atoms in total. The van der Waals surface area contributed by atoms with Gasteiger partial charge in [-0.3, -0.25) is 15.0 Å².